The van der Waals surface area contributed by atoms with Gasteiger partial charge < -0.3 is 14.6 Å². The minimum Gasteiger partial charge on any atom is -0.477 e. The van der Waals surface area contributed by atoms with Gasteiger partial charge >= 0.3 is 5.69 Å². The number of rotatable bonds is 5. The van der Waals surface area contributed by atoms with Crippen LogP contribution in [0.2, 0.25) is 0 Å². The van der Waals surface area contributed by atoms with Crippen molar-refractivity contribution < 1.29 is 14.5 Å². The molecule has 7 nitrogen and oxygen atoms in total. The molecule has 0 spiro atoms. The van der Waals surface area contributed by atoms with Crippen LogP contribution in [-0.2, 0) is 4.79 Å². The van der Waals surface area contributed by atoms with Gasteiger partial charge in [-0.2, -0.15) is 0 Å². The molecule has 1 aliphatic heterocycles. The number of benzene rings is 2. The third-order valence-electron chi connectivity index (χ3n) is 5.32. The summed E-state index contributed by atoms with van der Waals surface area (Å²) in [7, 11) is 0. The van der Waals surface area contributed by atoms with Crippen LogP contribution in [0.3, 0.4) is 0 Å². The summed E-state index contributed by atoms with van der Waals surface area (Å²) in [5, 5.41) is 12.3. The molecule has 0 bridgehead atoms. The van der Waals surface area contributed by atoms with E-state index in [4.69, 9.17) is 4.74 Å². The number of carbonyl (C=O) groups is 1. The van der Waals surface area contributed by atoms with Gasteiger partial charge in [0.25, 0.3) is 5.91 Å². The average molecular weight is 379 g/mol. The van der Waals surface area contributed by atoms with Gasteiger partial charge in [-0.1, -0.05) is 30.3 Å². The zero-order valence-electron chi connectivity index (χ0n) is 15.3. The van der Waals surface area contributed by atoms with Crippen LogP contribution in [0.5, 0.6) is 5.75 Å². The molecule has 1 fully saturated rings. The molecule has 1 aliphatic rings. The lowest BCUT2D eigenvalue weighted by atomic mass is 9.89. The Morgan fingerprint density at radius 3 is 2.64 bits per heavy atom. The summed E-state index contributed by atoms with van der Waals surface area (Å²) in [5.74, 6) is 0.390. The van der Waals surface area contributed by atoms with E-state index in [0.29, 0.717) is 19.0 Å². The number of aromatic amines is 1. The first-order chi connectivity index (χ1) is 13.6. The molecule has 1 N–H and O–H groups in total. The van der Waals surface area contributed by atoms with Gasteiger partial charge in [-0.05, 0) is 36.5 Å². The van der Waals surface area contributed by atoms with Gasteiger partial charge in [-0.3, -0.25) is 14.9 Å². The van der Waals surface area contributed by atoms with Gasteiger partial charge in [0.2, 0.25) is 0 Å². The van der Waals surface area contributed by atoms with Crippen molar-refractivity contribution in [2.45, 2.75) is 18.8 Å². The maximum Gasteiger partial charge on any atom is 0.310 e. The number of likely N-dealkylation sites (tertiary alicyclic amines) is 1. The number of amides is 1. The van der Waals surface area contributed by atoms with Crippen molar-refractivity contribution in [1.82, 2.24) is 9.88 Å². The lowest BCUT2D eigenvalue weighted by Gasteiger charge is -2.32. The molecule has 1 saturated heterocycles. The highest BCUT2D eigenvalue weighted by atomic mass is 16.6. The van der Waals surface area contributed by atoms with Gasteiger partial charge in [-0.25, -0.2) is 0 Å². The van der Waals surface area contributed by atoms with Crippen LogP contribution < -0.4 is 4.74 Å². The number of ether oxygens (including phenoxy) is 1. The maximum atomic E-state index is 12.5. The number of piperidine rings is 1. The van der Waals surface area contributed by atoms with E-state index in [9.17, 15) is 14.9 Å². The molecule has 2 aromatic carbocycles. The number of fused-ring (bicyclic) bond motifs is 1. The molecule has 1 amide bonds. The van der Waals surface area contributed by atoms with E-state index in [0.717, 1.165) is 18.4 Å². The van der Waals surface area contributed by atoms with Crippen molar-refractivity contribution in [1.29, 1.82) is 0 Å². The Kier molecular flexibility index (Phi) is 4.97. The number of carbonyl (C=O) groups excluding carboxylic acids is 1. The molecule has 0 radical (unpaired) electrons. The summed E-state index contributed by atoms with van der Waals surface area (Å²) in [4.78, 5) is 28.1. The highest BCUT2D eigenvalue weighted by Crippen LogP contribution is 2.33. The quantitative estimate of drug-likeness (QED) is 0.538. The first-order valence-corrected chi connectivity index (χ1v) is 9.33. The fourth-order valence-corrected chi connectivity index (χ4v) is 3.83. The number of nitrogens with zero attached hydrogens (tertiary/aromatic N) is 2. The third kappa shape index (κ3) is 3.55. The first kappa shape index (κ1) is 18.0. The van der Waals surface area contributed by atoms with Crippen LogP contribution in [0.4, 0.5) is 5.69 Å². The molecule has 0 saturated carbocycles. The van der Waals surface area contributed by atoms with Crippen molar-refractivity contribution in [3.8, 4) is 5.75 Å². The lowest BCUT2D eigenvalue weighted by Crippen LogP contribution is -2.40. The van der Waals surface area contributed by atoms with Crippen LogP contribution >= 0.6 is 0 Å². The van der Waals surface area contributed by atoms with Crippen LogP contribution in [-0.4, -0.2) is 40.4 Å². The van der Waals surface area contributed by atoms with Gasteiger partial charge in [0.15, 0.2) is 12.4 Å². The topological polar surface area (TPSA) is 88.5 Å². The van der Waals surface area contributed by atoms with Crippen LogP contribution in [0.1, 0.15) is 24.3 Å². The number of hydrogen-bond acceptors (Lipinski definition) is 4. The number of nitro groups is 1. The number of aromatic nitrogens is 1. The van der Waals surface area contributed by atoms with Crippen molar-refractivity contribution in [3.63, 3.8) is 0 Å². The summed E-state index contributed by atoms with van der Waals surface area (Å²) < 4.78 is 5.43. The SMILES string of the molecule is O=C(COc1ccccc1[N+](=O)[O-])N1CCC(c2c[nH]c3ccccc23)CC1. The molecule has 0 unspecified atom stereocenters. The van der Waals surface area contributed by atoms with E-state index >= 15 is 0 Å². The molecule has 7 heteroatoms. The Morgan fingerprint density at radius 1 is 1.14 bits per heavy atom. The fraction of sp³-hybridized carbons (Fsp3) is 0.286. The average Bonchev–Trinajstić information content (AvgIpc) is 3.16. The number of nitrogens with one attached hydrogen (secondary N) is 1. The summed E-state index contributed by atoms with van der Waals surface area (Å²) in [6, 6.07) is 14.3. The first-order valence-electron chi connectivity index (χ1n) is 9.33. The monoisotopic (exact) mass is 379 g/mol. The smallest absolute Gasteiger partial charge is 0.310 e. The Balaban J connectivity index is 1.35. The van der Waals surface area contributed by atoms with Gasteiger partial charge in [0, 0.05) is 36.3 Å². The zero-order chi connectivity index (χ0) is 19.5. The molecule has 2 heterocycles. The van der Waals surface area contributed by atoms with Crippen LogP contribution in [0.15, 0.2) is 54.7 Å². The Morgan fingerprint density at radius 2 is 1.86 bits per heavy atom. The van der Waals surface area contributed by atoms with Crippen LogP contribution in [0.25, 0.3) is 10.9 Å². The summed E-state index contributed by atoms with van der Waals surface area (Å²) in [5.41, 5.74) is 2.31. The molecule has 28 heavy (non-hydrogen) atoms. The molecular weight excluding hydrogens is 358 g/mol. The Bertz CT molecular complexity index is 1010. The largest absolute Gasteiger partial charge is 0.477 e. The normalized spacial score (nSPS) is 14.9. The van der Waals surface area contributed by atoms with Crippen molar-refractivity contribution in [2.24, 2.45) is 0 Å². The number of para-hydroxylation sites is 3. The Hall–Kier alpha value is -3.35. The summed E-state index contributed by atoms with van der Waals surface area (Å²) in [6.07, 6.45) is 3.85. The molecule has 0 aliphatic carbocycles. The fourth-order valence-electron chi connectivity index (χ4n) is 3.83. The van der Waals surface area contributed by atoms with Crippen molar-refractivity contribution in [3.05, 3.63) is 70.4 Å². The number of nitro benzene ring substituents is 1. The number of hydrogen-bond donors (Lipinski definition) is 1. The Labute approximate surface area is 162 Å². The molecular formula is C21H21N3O4. The lowest BCUT2D eigenvalue weighted by molar-refractivity contribution is -0.385. The predicted octanol–water partition coefficient (Wildman–Crippen LogP) is 3.86. The second kappa shape index (κ2) is 7.72. The van der Waals surface area contributed by atoms with E-state index < -0.39 is 4.92 Å². The van der Waals surface area contributed by atoms with E-state index in [1.54, 1.807) is 17.0 Å². The molecule has 144 valence electrons. The third-order valence-corrected chi connectivity index (χ3v) is 5.32. The van der Waals surface area contributed by atoms with Crippen molar-refractivity contribution >= 4 is 22.5 Å². The van der Waals surface area contributed by atoms with E-state index in [1.807, 2.05) is 12.1 Å². The van der Waals surface area contributed by atoms with Gasteiger partial charge in [0.05, 0.1) is 4.92 Å². The van der Waals surface area contributed by atoms with E-state index in [2.05, 4.69) is 23.3 Å². The summed E-state index contributed by atoms with van der Waals surface area (Å²) >= 11 is 0. The van der Waals surface area contributed by atoms with Crippen LogP contribution in [0, 0.1) is 10.1 Å². The minimum atomic E-state index is -0.507. The van der Waals surface area contributed by atoms with Gasteiger partial charge in [0.1, 0.15) is 0 Å². The second-order valence-corrected chi connectivity index (χ2v) is 6.96. The predicted molar refractivity (Wildman–Crippen MR) is 105 cm³/mol. The second-order valence-electron chi connectivity index (χ2n) is 6.96. The minimum absolute atomic E-state index is 0.120. The standard InChI is InChI=1S/C21H21N3O4/c25-21(14-28-20-8-4-3-7-19(20)24(26)27)23-11-9-15(10-12-23)17-13-22-18-6-2-1-5-16(17)18/h1-8,13,15,22H,9-12,14H2. The van der Waals surface area contributed by atoms with Gasteiger partial charge in [-0.15, -0.1) is 0 Å². The molecule has 0 atom stereocenters. The molecule has 1 aromatic heterocycles. The maximum absolute atomic E-state index is 12.5. The highest BCUT2D eigenvalue weighted by Gasteiger charge is 2.26. The zero-order valence-corrected chi connectivity index (χ0v) is 15.3. The summed E-state index contributed by atoms with van der Waals surface area (Å²) in [6.45, 7) is 1.12. The molecule has 4 rings (SSSR count). The molecule has 3 aromatic rings. The highest BCUT2D eigenvalue weighted by molar-refractivity contribution is 5.83. The van der Waals surface area contributed by atoms with E-state index in [1.165, 1.54) is 23.1 Å². The van der Waals surface area contributed by atoms with E-state index in [-0.39, 0.29) is 24.0 Å². The van der Waals surface area contributed by atoms with Crippen molar-refractivity contribution in [2.75, 3.05) is 19.7 Å². The number of H-pyrrole nitrogens is 1.